The molecule has 1 aliphatic heterocycles. The van der Waals surface area contributed by atoms with Crippen molar-refractivity contribution in [2.75, 3.05) is 6.54 Å². The van der Waals surface area contributed by atoms with Gasteiger partial charge in [-0.25, -0.2) is 0 Å². The fourth-order valence-electron chi connectivity index (χ4n) is 3.68. The summed E-state index contributed by atoms with van der Waals surface area (Å²) in [7, 11) is 0. The minimum absolute atomic E-state index is 0.110. The second-order valence-corrected chi connectivity index (χ2v) is 10.00. The maximum absolute atomic E-state index is 13.0. The Morgan fingerprint density at radius 2 is 2.17 bits per heavy atom. The van der Waals surface area contributed by atoms with Crippen molar-refractivity contribution < 1.29 is 4.79 Å². The Morgan fingerprint density at radius 1 is 1.33 bits per heavy atom. The molecule has 2 aromatic heterocycles. The summed E-state index contributed by atoms with van der Waals surface area (Å²) in [6.07, 6.45) is 4.18. The highest BCUT2D eigenvalue weighted by Gasteiger charge is 2.24. The van der Waals surface area contributed by atoms with Gasteiger partial charge in [-0.05, 0) is 42.5 Å². The van der Waals surface area contributed by atoms with Crippen LogP contribution < -0.4 is 11.1 Å². The summed E-state index contributed by atoms with van der Waals surface area (Å²) >= 11 is 16.5. The van der Waals surface area contributed by atoms with E-state index in [1.54, 1.807) is 6.20 Å². The normalized spacial score (nSPS) is 14.0. The molecule has 1 aliphatic rings. The number of carbonyl (C=O) groups excluding carboxylic acids is 1. The minimum Gasteiger partial charge on any atom is -0.347 e. The van der Waals surface area contributed by atoms with Gasteiger partial charge in [0.1, 0.15) is 0 Å². The van der Waals surface area contributed by atoms with E-state index in [-0.39, 0.29) is 11.9 Å². The number of aromatic nitrogens is 2. The Balaban J connectivity index is 1.51. The first-order chi connectivity index (χ1) is 14.5. The average molecular weight is 575 g/mol. The van der Waals surface area contributed by atoms with Gasteiger partial charge in [0.25, 0.3) is 5.91 Å². The van der Waals surface area contributed by atoms with Gasteiger partial charge in [0.05, 0.1) is 21.8 Å². The molecule has 5 nitrogen and oxygen atoms in total. The first kappa shape index (κ1) is 22.1. The van der Waals surface area contributed by atoms with Crippen LogP contribution in [-0.2, 0) is 23.8 Å². The number of thiophene rings is 1. The molecule has 0 fully saturated rings. The highest BCUT2D eigenvalue weighted by atomic mass is 127. The van der Waals surface area contributed by atoms with Crippen molar-refractivity contribution >= 4 is 63.0 Å². The van der Waals surface area contributed by atoms with E-state index in [1.165, 1.54) is 16.2 Å². The van der Waals surface area contributed by atoms with E-state index in [0.29, 0.717) is 22.9 Å². The van der Waals surface area contributed by atoms with Crippen molar-refractivity contribution in [2.24, 2.45) is 5.73 Å². The van der Waals surface area contributed by atoms with Gasteiger partial charge in [-0.15, -0.1) is 11.3 Å². The van der Waals surface area contributed by atoms with Crippen LogP contribution in [0.5, 0.6) is 0 Å². The van der Waals surface area contributed by atoms with Crippen molar-refractivity contribution in [1.82, 2.24) is 15.1 Å². The molecule has 3 heterocycles. The number of hydrogen-bond donors (Lipinski definition) is 2. The van der Waals surface area contributed by atoms with Gasteiger partial charge in [0, 0.05) is 39.0 Å². The Hall–Kier alpha value is -1.13. The highest BCUT2D eigenvalue weighted by Crippen LogP contribution is 2.38. The molecule has 0 saturated heterocycles. The number of halogens is 3. The fourth-order valence-corrected chi connectivity index (χ4v) is 6.19. The lowest BCUT2D eigenvalue weighted by molar-refractivity contribution is 0.0942. The van der Waals surface area contributed by atoms with E-state index in [9.17, 15) is 4.79 Å². The van der Waals surface area contributed by atoms with Gasteiger partial charge in [-0.1, -0.05) is 57.9 Å². The maximum Gasteiger partial charge on any atom is 0.261 e. The first-order valence-electron chi connectivity index (χ1n) is 9.68. The lowest BCUT2D eigenvalue weighted by atomic mass is 10.0. The monoisotopic (exact) mass is 574 g/mol. The molecule has 0 saturated carbocycles. The quantitative estimate of drug-likeness (QED) is 0.318. The molecule has 1 atom stereocenters. The molecular weight excluding hydrogens is 554 g/mol. The molecule has 0 bridgehead atoms. The molecule has 9 heteroatoms. The number of alkyl halides is 1. The topological polar surface area (TPSA) is 72.9 Å². The van der Waals surface area contributed by atoms with Crippen LogP contribution in [0.3, 0.4) is 0 Å². The standard InChI is InChI=1S/C21H21Cl2IN4OS/c22-16-7-12(3-4-13(16)9-24)6-14(10-25)27-21(29)19-8-15-18(30-19)2-1-5-28-20(15)17(23)11-26-28/h3-4,7-8,11,14H,1-2,5-6,9-10,25H2,(H,27,29). The van der Waals surface area contributed by atoms with Crippen LogP contribution in [0.4, 0.5) is 0 Å². The van der Waals surface area contributed by atoms with Gasteiger partial charge in [-0.3, -0.25) is 9.48 Å². The Kier molecular flexibility index (Phi) is 7.04. The highest BCUT2D eigenvalue weighted by molar-refractivity contribution is 14.1. The summed E-state index contributed by atoms with van der Waals surface area (Å²) in [5, 5.41) is 8.81. The van der Waals surface area contributed by atoms with Crippen molar-refractivity contribution in [3.8, 4) is 11.3 Å². The third-order valence-electron chi connectivity index (χ3n) is 5.22. The Bertz CT molecular complexity index is 1080. The minimum atomic E-state index is -0.171. The molecule has 1 aromatic carbocycles. The van der Waals surface area contributed by atoms with Crippen LogP contribution in [0.2, 0.25) is 10.0 Å². The van der Waals surface area contributed by atoms with Crippen molar-refractivity contribution in [3.63, 3.8) is 0 Å². The van der Waals surface area contributed by atoms with E-state index >= 15 is 0 Å². The molecule has 158 valence electrons. The molecule has 0 radical (unpaired) electrons. The zero-order valence-electron chi connectivity index (χ0n) is 16.1. The third-order valence-corrected chi connectivity index (χ3v) is 7.86. The molecule has 1 amide bonds. The van der Waals surface area contributed by atoms with Crippen molar-refractivity contribution in [1.29, 1.82) is 0 Å². The van der Waals surface area contributed by atoms with Crippen LogP contribution in [-0.4, -0.2) is 28.3 Å². The molecule has 30 heavy (non-hydrogen) atoms. The number of hydrogen-bond acceptors (Lipinski definition) is 4. The van der Waals surface area contributed by atoms with Crippen LogP contribution in [0.15, 0.2) is 30.5 Å². The predicted octanol–water partition coefficient (Wildman–Crippen LogP) is 5.10. The summed E-state index contributed by atoms with van der Waals surface area (Å²) < 4.78 is 2.79. The number of carbonyl (C=O) groups is 1. The van der Waals surface area contributed by atoms with Crippen molar-refractivity contribution in [3.05, 3.63) is 61.4 Å². The number of nitrogens with two attached hydrogens (primary N) is 1. The SMILES string of the molecule is NCC(Cc1ccc(CI)c(Cl)c1)NC(=O)c1cc2c(s1)CCCn1ncc(Cl)c1-2. The summed E-state index contributed by atoms with van der Waals surface area (Å²) in [6, 6.07) is 7.80. The van der Waals surface area contributed by atoms with Gasteiger partial charge in [-0.2, -0.15) is 5.10 Å². The zero-order chi connectivity index (χ0) is 21.3. The zero-order valence-corrected chi connectivity index (χ0v) is 20.6. The Labute approximate surface area is 203 Å². The molecule has 0 spiro atoms. The third kappa shape index (κ3) is 4.55. The lowest BCUT2D eigenvalue weighted by Gasteiger charge is -2.17. The number of benzene rings is 1. The van der Waals surface area contributed by atoms with E-state index in [4.69, 9.17) is 28.9 Å². The Morgan fingerprint density at radius 3 is 2.90 bits per heavy atom. The van der Waals surface area contributed by atoms with Crippen LogP contribution in [0.25, 0.3) is 11.3 Å². The smallest absolute Gasteiger partial charge is 0.261 e. The fraction of sp³-hybridized carbons (Fsp3) is 0.333. The van der Waals surface area contributed by atoms with Gasteiger partial charge in [0.2, 0.25) is 0 Å². The van der Waals surface area contributed by atoms with E-state index in [1.807, 2.05) is 28.9 Å². The van der Waals surface area contributed by atoms with E-state index in [2.05, 4.69) is 33.0 Å². The van der Waals surface area contributed by atoms with E-state index < -0.39 is 0 Å². The first-order valence-corrected chi connectivity index (χ1v) is 12.8. The molecule has 3 aromatic rings. The van der Waals surface area contributed by atoms with Crippen LogP contribution >= 0.6 is 57.1 Å². The second kappa shape index (κ2) is 9.56. The van der Waals surface area contributed by atoms with Gasteiger partial charge in [0.15, 0.2) is 0 Å². The summed E-state index contributed by atoms with van der Waals surface area (Å²) in [4.78, 5) is 14.8. The number of rotatable bonds is 6. The molecular formula is C21H21Cl2IN4OS. The molecule has 3 N–H and O–H groups in total. The largest absolute Gasteiger partial charge is 0.347 e. The van der Waals surface area contributed by atoms with Crippen LogP contribution in [0.1, 0.15) is 32.1 Å². The van der Waals surface area contributed by atoms with Gasteiger partial charge < -0.3 is 11.1 Å². The summed E-state index contributed by atoms with van der Waals surface area (Å²) in [5.74, 6) is -0.110. The predicted molar refractivity (Wildman–Crippen MR) is 132 cm³/mol. The molecule has 4 rings (SSSR count). The number of amides is 1. The van der Waals surface area contributed by atoms with Gasteiger partial charge >= 0.3 is 0 Å². The number of nitrogens with zero attached hydrogens (tertiary/aromatic N) is 2. The summed E-state index contributed by atoms with van der Waals surface area (Å²) in [5.41, 5.74) is 10.0. The van der Waals surface area contributed by atoms with Crippen LogP contribution in [0, 0.1) is 0 Å². The average Bonchev–Trinajstić information content (AvgIpc) is 3.26. The number of nitrogens with one attached hydrogen (secondary N) is 1. The maximum atomic E-state index is 13.0. The summed E-state index contributed by atoms with van der Waals surface area (Å²) in [6.45, 7) is 1.18. The van der Waals surface area contributed by atoms with E-state index in [0.717, 1.165) is 51.2 Å². The molecule has 0 aliphatic carbocycles. The second-order valence-electron chi connectivity index (χ2n) is 7.28. The number of aryl methyl sites for hydroxylation is 2. The molecule has 1 unspecified atom stereocenters. The number of fused-ring (bicyclic) bond motifs is 3. The van der Waals surface area contributed by atoms with Crippen molar-refractivity contribution in [2.45, 2.75) is 36.3 Å². The lowest BCUT2D eigenvalue weighted by Crippen LogP contribution is -2.41.